The van der Waals surface area contributed by atoms with Crippen molar-refractivity contribution >= 4 is 11.9 Å². The van der Waals surface area contributed by atoms with E-state index in [0.29, 0.717) is 5.75 Å². The number of aliphatic imine (C=N–C) groups is 1. The highest BCUT2D eigenvalue weighted by Gasteiger charge is 2.03. The van der Waals surface area contributed by atoms with E-state index in [4.69, 9.17) is 0 Å². The van der Waals surface area contributed by atoms with E-state index in [0.717, 1.165) is 30.0 Å². The van der Waals surface area contributed by atoms with Crippen molar-refractivity contribution in [2.45, 2.75) is 104 Å². The number of benzene rings is 2. The van der Waals surface area contributed by atoms with Crippen LogP contribution in [0.4, 0.5) is 5.69 Å². The second kappa shape index (κ2) is 15.7. The Balaban J connectivity index is 1.75. The van der Waals surface area contributed by atoms with E-state index in [1.54, 1.807) is 6.21 Å². The number of phenols is 1. The molecule has 0 fully saturated rings. The van der Waals surface area contributed by atoms with Crippen molar-refractivity contribution < 1.29 is 5.11 Å². The molecule has 0 amide bonds. The third-order valence-electron chi connectivity index (χ3n) is 6.56. The molecular weight excluding hydrogens is 390 g/mol. The standard InChI is InChI=1S/C30H45NO/c1-4-6-7-8-9-12-15-26-18-21-29(22-19-26)31-24-28-20-17-27(23-30(28)32)16-13-10-11-14-25(3)5-2/h17-25,32H,4-16H2,1-3H3. The summed E-state index contributed by atoms with van der Waals surface area (Å²) < 4.78 is 0. The largest absolute Gasteiger partial charge is 0.507 e. The minimum Gasteiger partial charge on any atom is -0.507 e. The van der Waals surface area contributed by atoms with Crippen molar-refractivity contribution in [2.24, 2.45) is 10.9 Å². The van der Waals surface area contributed by atoms with Crippen molar-refractivity contribution in [1.82, 2.24) is 0 Å². The topological polar surface area (TPSA) is 32.6 Å². The summed E-state index contributed by atoms with van der Waals surface area (Å²) in [5, 5.41) is 10.4. The highest BCUT2D eigenvalue weighted by molar-refractivity contribution is 5.85. The molecule has 0 saturated heterocycles. The fraction of sp³-hybridized carbons (Fsp3) is 0.567. The first kappa shape index (κ1) is 26.2. The van der Waals surface area contributed by atoms with Gasteiger partial charge in [-0.3, -0.25) is 4.99 Å². The summed E-state index contributed by atoms with van der Waals surface area (Å²) in [6.45, 7) is 6.87. The van der Waals surface area contributed by atoms with Gasteiger partial charge < -0.3 is 5.11 Å². The van der Waals surface area contributed by atoms with Crippen LogP contribution in [0.1, 0.15) is 108 Å². The van der Waals surface area contributed by atoms with E-state index in [9.17, 15) is 5.11 Å². The smallest absolute Gasteiger partial charge is 0.124 e. The van der Waals surface area contributed by atoms with Crippen molar-refractivity contribution in [3.05, 3.63) is 59.2 Å². The van der Waals surface area contributed by atoms with Gasteiger partial charge >= 0.3 is 0 Å². The number of hydrogen-bond acceptors (Lipinski definition) is 2. The van der Waals surface area contributed by atoms with Gasteiger partial charge in [-0.15, -0.1) is 0 Å². The van der Waals surface area contributed by atoms with Gasteiger partial charge in [0, 0.05) is 11.8 Å². The van der Waals surface area contributed by atoms with Gasteiger partial charge in [0.15, 0.2) is 0 Å². The predicted molar refractivity (Wildman–Crippen MR) is 141 cm³/mol. The van der Waals surface area contributed by atoms with Gasteiger partial charge in [0.2, 0.25) is 0 Å². The molecule has 0 aliphatic rings. The second-order valence-corrected chi connectivity index (χ2v) is 9.45. The molecule has 2 aromatic rings. The molecule has 0 heterocycles. The van der Waals surface area contributed by atoms with Crippen LogP contribution in [-0.2, 0) is 12.8 Å². The predicted octanol–water partition coefficient (Wildman–Crippen LogP) is 9.19. The van der Waals surface area contributed by atoms with E-state index in [1.807, 2.05) is 12.1 Å². The first-order valence-electron chi connectivity index (χ1n) is 13.1. The number of aryl methyl sites for hydroxylation is 2. The van der Waals surface area contributed by atoms with Gasteiger partial charge in [0.25, 0.3) is 0 Å². The zero-order valence-corrected chi connectivity index (χ0v) is 20.8. The van der Waals surface area contributed by atoms with E-state index in [-0.39, 0.29) is 0 Å². The molecule has 32 heavy (non-hydrogen) atoms. The van der Waals surface area contributed by atoms with Crippen LogP contribution < -0.4 is 0 Å². The Labute approximate surface area is 197 Å². The van der Waals surface area contributed by atoms with Crippen molar-refractivity contribution in [3.8, 4) is 5.75 Å². The van der Waals surface area contributed by atoms with Crippen LogP contribution >= 0.6 is 0 Å². The molecule has 0 aromatic heterocycles. The quantitative estimate of drug-likeness (QED) is 0.207. The molecule has 0 bridgehead atoms. The molecule has 0 aliphatic heterocycles. The third-order valence-corrected chi connectivity index (χ3v) is 6.56. The number of nitrogens with zero attached hydrogens (tertiary/aromatic N) is 1. The number of unbranched alkanes of at least 4 members (excludes halogenated alkanes) is 7. The number of rotatable bonds is 16. The molecule has 2 heteroatoms. The van der Waals surface area contributed by atoms with Crippen LogP contribution in [0.5, 0.6) is 5.75 Å². The average Bonchev–Trinajstić information content (AvgIpc) is 2.81. The zero-order valence-electron chi connectivity index (χ0n) is 20.8. The monoisotopic (exact) mass is 435 g/mol. The summed E-state index contributed by atoms with van der Waals surface area (Å²) in [7, 11) is 0. The molecule has 0 aliphatic carbocycles. The first-order chi connectivity index (χ1) is 15.6. The maximum atomic E-state index is 10.4. The Kier molecular flexibility index (Phi) is 12.8. The molecule has 0 radical (unpaired) electrons. The van der Waals surface area contributed by atoms with E-state index in [2.05, 4.69) is 56.1 Å². The second-order valence-electron chi connectivity index (χ2n) is 9.45. The summed E-state index contributed by atoms with van der Waals surface area (Å²) in [5.41, 5.74) is 4.31. The molecule has 0 saturated carbocycles. The molecular formula is C30H45NO. The Morgan fingerprint density at radius 2 is 1.41 bits per heavy atom. The molecule has 176 valence electrons. The van der Waals surface area contributed by atoms with E-state index < -0.39 is 0 Å². The molecule has 2 nitrogen and oxygen atoms in total. The highest BCUT2D eigenvalue weighted by atomic mass is 16.3. The van der Waals surface area contributed by atoms with Crippen LogP contribution in [-0.4, -0.2) is 11.3 Å². The number of phenolic OH excluding ortho intramolecular Hbond substituents is 1. The maximum Gasteiger partial charge on any atom is 0.124 e. The Bertz CT molecular complexity index is 778. The lowest BCUT2D eigenvalue weighted by molar-refractivity contribution is 0.471. The average molecular weight is 436 g/mol. The van der Waals surface area contributed by atoms with Gasteiger partial charge in [-0.2, -0.15) is 0 Å². The molecule has 1 unspecified atom stereocenters. The van der Waals surface area contributed by atoms with Crippen molar-refractivity contribution in [2.75, 3.05) is 0 Å². The summed E-state index contributed by atoms with van der Waals surface area (Å²) in [4.78, 5) is 4.56. The minimum atomic E-state index is 0.325. The fourth-order valence-electron chi connectivity index (χ4n) is 4.06. The van der Waals surface area contributed by atoms with Crippen LogP contribution in [0.2, 0.25) is 0 Å². The van der Waals surface area contributed by atoms with Crippen LogP contribution in [0.25, 0.3) is 0 Å². The minimum absolute atomic E-state index is 0.325. The highest BCUT2D eigenvalue weighted by Crippen LogP contribution is 2.21. The van der Waals surface area contributed by atoms with Gasteiger partial charge in [0.05, 0.1) is 5.69 Å². The van der Waals surface area contributed by atoms with Crippen molar-refractivity contribution in [3.63, 3.8) is 0 Å². The van der Waals surface area contributed by atoms with Gasteiger partial charge in [0.1, 0.15) is 5.75 Å². The molecule has 1 N–H and O–H groups in total. The summed E-state index contributed by atoms with van der Waals surface area (Å²) in [6.07, 6.45) is 18.3. The van der Waals surface area contributed by atoms with Crippen LogP contribution in [0.3, 0.4) is 0 Å². The van der Waals surface area contributed by atoms with Gasteiger partial charge in [-0.1, -0.05) is 96.8 Å². The summed E-state index contributed by atoms with van der Waals surface area (Å²) in [5.74, 6) is 1.17. The van der Waals surface area contributed by atoms with E-state index >= 15 is 0 Å². The Morgan fingerprint density at radius 3 is 2.09 bits per heavy atom. The SMILES string of the molecule is CCCCCCCCc1ccc(N=Cc2ccc(CCCCCC(C)CC)cc2O)cc1. The van der Waals surface area contributed by atoms with Crippen LogP contribution in [0, 0.1) is 5.92 Å². The van der Waals surface area contributed by atoms with E-state index in [1.165, 1.54) is 81.8 Å². The molecule has 0 spiro atoms. The number of hydrogen-bond donors (Lipinski definition) is 1. The fourth-order valence-corrected chi connectivity index (χ4v) is 4.06. The first-order valence-corrected chi connectivity index (χ1v) is 13.1. The molecule has 2 rings (SSSR count). The summed E-state index contributed by atoms with van der Waals surface area (Å²) >= 11 is 0. The van der Waals surface area contributed by atoms with Gasteiger partial charge in [-0.25, -0.2) is 0 Å². The molecule has 1 atom stereocenters. The third kappa shape index (κ3) is 10.5. The Morgan fingerprint density at radius 1 is 0.781 bits per heavy atom. The Hall–Kier alpha value is -2.09. The van der Waals surface area contributed by atoms with Crippen molar-refractivity contribution in [1.29, 1.82) is 0 Å². The van der Waals surface area contributed by atoms with Crippen LogP contribution in [0.15, 0.2) is 47.5 Å². The number of aromatic hydroxyl groups is 1. The summed E-state index contributed by atoms with van der Waals surface area (Å²) in [6, 6.07) is 14.5. The lowest BCUT2D eigenvalue weighted by Gasteiger charge is -2.08. The normalized spacial score (nSPS) is 12.5. The zero-order chi connectivity index (χ0) is 23.0. The maximum absolute atomic E-state index is 10.4. The molecule has 2 aromatic carbocycles. The lowest BCUT2D eigenvalue weighted by Crippen LogP contribution is -1.93. The van der Waals surface area contributed by atoms with Gasteiger partial charge in [-0.05, 0) is 67.0 Å². The lowest BCUT2D eigenvalue weighted by atomic mass is 9.99.